The van der Waals surface area contributed by atoms with E-state index in [4.69, 9.17) is 0 Å². The van der Waals surface area contributed by atoms with E-state index < -0.39 is 0 Å². The highest BCUT2D eigenvalue weighted by molar-refractivity contribution is 5.93. The molecule has 2 rings (SSSR count). The highest BCUT2D eigenvalue weighted by Crippen LogP contribution is 2.23. The molecular formula is C16H16NO+. The third kappa shape index (κ3) is 1.97. The van der Waals surface area contributed by atoms with Crippen molar-refractivity contribution in [3.05, 3.63) is 59.8 Å². The van der Waals surface area contributed by atoms with E-state index in [1.54, 1.807) is 6.08 Å². The molecule has 0 radical (unpaired) electrons. The normalized spacial score (nSPS) is 11.0. The molecule has 0 saturated carbocycles. The first kappa shape index (κ1) is 12.2. The zero-order chi connectivity index (χ0) is 13.1. The zero-order valence-corrected chi connectivity index (χ0v) is 10.7. The second-order valence-corrected chi connectivity index (χ2v) is 4.27. The molecule has 0 amide bonds. The Morgan fingerprint density at radius 3 is 2.83 bits per heavy atom. The Labute approximate surface area is 107 Å². The average Bonchev–Trinajstić information content (AvgIpc) is 2.37. The number of benzene rings is 1. The van der Waals surface area contributed by atoms with Crippen LogP contribution in [0.5, 0.6) is 0 Å². The molecule has 0 aliphatic heterocycles. The van der Waals surface area contributed by atoms with Crippen LogP contribution in [0.15, 0.2) is 43.1 Å². The van der Waals surface area contributed by atoms with Gasteiger partial charge in [0.1, 0.15) is 7.05 Å². The molecule has 2 heteroatoms. The van der Waals surface area contributed by atoms with Crippen molar-refractivity contribution in [2.24, 2.45) is 7.05 Å². The number of hydrogen-bond acceptors (Lipinski definition) is 1. The van der Waals surface area contributed by atoms with Crippen molar-refractivity contribution in [1.82, 2.24) is 0 Å². The lowest BCUT2D eigenvalue weighted by molar-refractivity contribution is -0.645. The van der Waals surface area contributed by atoms with E-state index in [1.807, 2.05) is 50.5 Å². The van der Waals surface area contributed by atoms with Crippen LogP contribution < -0.4 is 4.57 Å². The zero-order valence-electron chi connectivity index (χ0n) is 10.7. The summed E-state index contributed by atoms with van der Waals surface area (Å²) in [5.41, 5.74) is 3.92. The highest BCUT2D eigenvalue weighted by Gasteiger charge is 2.14. The molecule has 18 heavy (non-hydrogen) atoms. The Hall–Kier alpha value is -2.22. The SMILES string of the molecule is C=C/C=C\c1c(C=O)cc2ccc[n+](C)c2c1C. The van der Waals surface area contributed by atoms with Crippen LogP contribution in [0.25, 0.3) is 17.0 Å². The van der Waals surface area contributed by atoms with Crippen LogP contribution in [0.3, 0.4) is 0 Å². The Bertz CT molecular complexity index is 654. The van der Waals surface area contributed by atoms with E-state index in [-0.39, 0.29) is 0 Å². The lowest BCUT2D eigenvalue weighted by atomic mass is 9.98. The van der Waals surface area contributed by atoms with Gasteiger partial charge in [-0.1, -0.05) is 24.8 Å². The minimum absolute atomic E-state index is 0.712. The molecule has 1 heterocycles. The van der Waals surface area contributed by atoms with Gasteiger partial charge in [0, 0.05) is 22.6 Å². The largest absolute Gasteiger partial charge is 0.298 e. The molecule has 2 aromatic rings. The van der Waals surface area contributed by atoms with Crippen molar-refractivity contribution in [3.63, 3.8) is 0 Å². The smallest absolute Gasteiger partial charge is 0.215 e. The second-order valence-electron chi connectivity index (χ2n) is 4.27. The molecule has 2 nitrogen and oxygen atoms in total. The van der Waals surface area contributed by atoms with Crippen molar-refractivity contribution in [2.75, 3.05) is 0 Å². The van der Waals surface area contributed by atoms with Gasteiger partial charge in [0.2, 0.25) is 5.52 Å². The van der Waals surface area contributed by atoms with Gasteiger partial charge in [-0.15, -0.1) is 0 Å². The van der Waals surface area contributed by atoms with Crippen molar-refractivity contribution < 1.29 is 9.36 Å². The average molecular weight is 238 g/mol. The van der Waals surface area contributed by atoms with Gasteiger partial charge in [-0.25, -0.2) is 4.57 Å². The van der Waals surface area contributed by atoms with E-state index >= 15 is 0 Å². The molecule has 0 bridgehead atoms. The Morgan fingerprint density at radius 1 is 1.39 bits per heavy atom. The lowest BCUT2D eigenvalue weighted by Gasteiger charge is -2.07. The number of nitrogens with zero attached hydrogens (tertiary/aromatic N) is 1. The molecule has 90 valence electrons. The Balaban J connectivity index is 2.87. The minimum atomic E-state index is 0.712. The standard InChI is InChI=1S/C16H16NO/c1-4-5-8-15-12(2)16-13(10-14(15)11-18)7-6-9-17(16)3/h4-11H,1H2,2-3H3/q+1/b8-5-. The van der Waals surface area contributed by atoms with Crippen LogP contribution in [0.1, 0.15) is 21.5 Å². The third-order valence-electron chi connectivity index (χ3n) is 3.12. The van der Waals surface area contributed by atoms with Crippen molar-refractivity contribution in [3.8, 4) is 0 Å². The summed E-state index contributed by atoms with van der Waals surface area (Å²) >= 11 is 0. The van der Waals surface area contributed by atoms with Gasteiger partial charge in [-0.3, -0.25) is 4.79 Å². The number of aryl methyl sites for hydroxylation is 2. The monoisotopic (exact) mass is 238 g/mol. The summed E-state index contributed by atoms with van der Waals surface area (Å²) in [5, 5.41) is 1.08. The topological polar surface area (TPSA) is 20.9 Å². The van der Waals surface area contributed by atoms with Gasteiger partial charge in [-0.2, -0.15) is 0 Å². The molecule has 0 aliphatic rings. The number of allylic oxidation sites excluding steroid dienone is 2. The first-order chi connectivity index (χ1) is 8.69. The van der Waals surface area contributed by atoms with Crippen LogP contribution >= 0.6 is 0 Å². The van der Waals surface area contributed by atoms with Crippen molar-refractivity contribution in [1.29, 1.82) is 0 Å². The summed E-state index contributed by atoms with van der Waals surface area (Å²) in [7, 11) is 2.01. The summed E-state index contributed by atoms with van der Waals surface area (Å²) in [6.45, 7) is 5.70. The predicted octanol–water partition coefficient (Wildman–Crippen LogP) is 2.98. The van der Waals surface area contributed by atoms with E-state index in [0.29, 0.717) is 5.56 Å². The number of hydrogen-bond donors (Lipinski definition) is 0. The van der Waals surface area contributed by atoms with Gasteiger partial charge in [-0.05, 0) is 24.6 Å². The highest BCUT2D eigenvalue weighted by atomic mass is 16.1. The Kier molecular flexibility index (Phi) is 3.38. The molecule has 0 saturated heterocycles. The van der Waals surface area contributed by atoms with Gasteiger partial charge in [0.05, 0.1) is 0 Å². The van der Waals surface area contributed by atoms with Crippen LogP contribution in [0, 0.1) is 6.92 Å². The van der Waals surface area contributed by atoms with Crippen molar-refractivity contribution in [2.45, 2.75) is 6.92 Å². The molecule has 0 aliphatic carbocycles. The summed E-state index contributed by atoms with van der Waals surface area (Å²) in [5.74, 6) is 0. The number of aldehydes is 1. The maximum Gasteiger partial charge on any atom is 0.215 e. The molecule has 1 aromatic carbocycles. The number of pyridine rings is 1. The van der Waals surface area contributed by atoms with Crippen LogP contribution in [0.4, 0.5) is 0 Å². The van der Waals surface area contributed by atoms with E-state index in [0.717, 1.165) is 28.3 Å². The van der Waals surface area contributed by atoms with E-state index in [1.165, 1.54) is 0 Å². The van der Waals surface area contributed by atoms with Gasteiger partial charge in [0.25, 0.3) is 0 Å². The fraction of sp³-hybridized carbons (Fsp3) is 0.125. The molecular weight excluding hydrogens is 222 g/mol. The summed E-state index contributed by atoms with van der Waals surface area (Å²) in [6, 6.07) is 5.93. The van der Waals surface area contributed by atoms with Gasteiger partial charge < -0.3 is 0 Å². The molecule has 0 N–H and O–H groups in total. The van der Waals surface area contributed by atoms with Gasteiger partial charge >= 0.3 is 0 Å². The van der Waals surface area contributed by atoms with E-state index in [9.17, 15) is 4.79 Å². The second kappa shape index (κ2) is 4.96. The fourth-order valence-corrected chi connectivity index (χ4v) is 2.30. The molecule has 0 atom stereocenters. The fourth-order valence-electron chi connectivity index (χ4n) is 2.30. The summed E-state index contributed by atoms with van der Waals surface area (Å²) in [6.07, 6.45) is 8.41. The first-order valence-electron chi connectivity index (χ1n) is 5.85. The molecule has 0 spiro atoms. The third-order valence-corrected chi connectivity index (χ3v) is 3.12. The summed E-state index contributed by atoms with van der Waals surface area (Å²) < 4.78 is 2.07. The van der Waals surface area contributed by atoms with Crippen LogP contribution in [-0.4, -0.2) is 6.29 Å². The first-order valence-corrected chi connectivity index (χ1v) is 5.85. The predicted molar refractivity (Wildman–Crippen MR) is 74.5 cm³/mol. The number of aromatic nitrogens is 1. The number of carbonyl (C=O) groups is 1. The van der Waals surface area contributed by atoms with Crippen LogP contribution in [0.2, 0.25) is 0 Å². The number of carbonyl (C=O) groups excluding carboxylic acids is 1. The maximum atomic E-state index is 11.2. The van der Waals surface area contributed by atoms with E-state index in [2.05, 4.69) is 11.1 Å². The quantitative estimate of drug-likeness (QED) is 0.457. The lowest BCUT2D eigenvalue weighted by Crippen LogP contribution is -2.29. The molecule has 1 aromatic heterocycles. The van der Waals surface area contributed by atoms with Crippen LogP contribution in [-0.2, 0) is 7.05 Å². The minimum Gasteiger partial charge on any atom is -0.298 e. The maximum absolute atomic E-state index is 11.2. The van der Waals surface area contributed by atoms with Crippen molar-refractivity contribution >= 4 is 23.3 Å². The molecule has 0 fully saturated rings. The summed E-state index contributed by atoms with van der Waals surface area (Å²) in [4.78, 5) is 11.2. The molecule has 0 unspecified atom stereocenters. The van der Waals surface area contributed by atoms with Gasteiger partial charge in [0.15, 0.2) is 12.5 Å². The number of rotatable bonds is 3. The number of fused-ring (bicyclic) bond motifs is 1. The Morgan fingerprint density at radius 2 is 2.17 bits per heavy atom.